The van der Waals surface area contributed by atoms with Crippen LogP contribution >= 0.6 is 0 Å². The quantitative estimate of drug-likeness (QED) is 0.797. The summed E-state index contributed by atoms with van der Waals surface area (Å²) in [6.07, 6.45) is 2.38. The van der Waals surface area contributed by atoms with Crippen molar-refractivity contribution in [1.82, 2.24) is 14.8 Å². The van der Waals surface area contributed by atoms with Gasteiger partial charge < -0.3 is 9.42 Å². The summed E-state index contributed by atoms with van der Waals surface area (Å²) < 4.78 is 32.9. The van der Waals surface area contributed by atoms with E-state index in [9.17, 15) is 13.2 Å². The Morgan fingerprint density at radius 3 is 2.39 bits per heavy atom. The highest BCUT2D eigenvalue weighted by Crippen LogP contribution is 2.21. The lowest BCUT2D eigenvalue weighted by Gasteiger charge is -2.32. The molecule has 7 nitrogen and oxygen atoms in total. The molecule has 0 saturated carbocycles. The summed E-state index contributed by atoms with van der Waals surface area (Å²) in [5.74, 6) is 0.404. The van der Waals surface area contributed by atoms with Crippen LogP contribution in [0.5, 0.6) is 0 Å². The minimum atomic E-state index is -3.68. The molecule has 0 bridgehead atoms. The van der Waals surface area contributed by atoms with Gasteiger partial charge in [0.25, 0.3) is 0 Å². The number of nitrogens with zero attached hydrogens (tertiary/aromatic N) is 2. The van der Waals surface area contributed by atoms with Crippen LogP contribution in [0.3, 0.4) is 0 Å². The second-order valence-electron chi connectivity index (χ2n) is 7.42. The Labute approximate surface area is 166 Å². The molecule has 0 unspecified atom stereocenters. The van der Waals surface area contributed by atoms with Gasteiger partial charge in [-0.3, -0.25) is 4.79 Å². The van der Waals surface area contributed by atoms with E-state index in [-0.39, 0.29) is 22.6 Å². The first-order chi connectivity index (χ1) is 13.3. The largest absolute Gasteiger partial charge is 0.360 e. The van der Waals surface area contributed by atoms with Crippen LogP contribution in [0.1, 0.15) is 41.8 Å². The number of sulfonamides is 1. The Hall–Kier alpha value is -2.19. The van der Waals surface area contributed by atoms with Gasteiger partial charge in [0.2, 0.25) is 15.9 Å². The molecule has 2 heterocycles. The molecule has 0 spiro atoms. The zero-order valence-electron chi connectivity index (χ0n) is 16.6. The lowest BCUT2D eigenvalue weighted by molar-refractivity contribution is -0.132. The summed E-state index contributed by atoms with van der Waals surface area (Å²) in [7, 11) is -3.68. The first kappa shape index (κ1) is 20.5. The summed E-state index contributed by atoms with van der Waals surface area (Å²) >= 11 is 0. The Kier molecular flexibility index (Phi) is 6.20. The third-order valence-electron chi connectivity index (χ3n) is 5.15. The van der Waals surface area contributed by atoms with E-state index in [0.717, 1.165) is 12.0 Å². The van der Waals surface area contributed by atoms with Gasteiger partial charge in [-0.15, -0.1) is 0 Å². The number of hydrogen-bond donors (Lipinski definition) is 1. The molecule has 1 N–H and O–H groups in total. The van der Waals surface area contributed by atoms with E-state index in [4.69, 9.17) is 4.52 Å². The normalized spacial score (nSPS) is 15.8. The first-order valence-corrected chi connectivity index (χ1v) is 11.0. The number of piperidine rings is 1. The molecule has 0 atom stereocenters. The van der Waals surface area contributed by atoms with Crippen molar-refractivity contribution in [2.24, 2.45) is 0 Å². The highest BCUT2D eigenvalue weighted by atomic mass is 32.2. The Morgan fingerprint density at radius 2 is 1.82 bits per heavy atom. The van der Waals surface area contributed by atoms with Crippen molar-refractivity contribution >= 4 is 15.9 Å². The second kappa shape index (κ2) is 8.45. The summed E-state index contributed by atoms with van der Waals surface area (Å²) in [6.45, 7) is 6.35. The van der Waals surface area contributed by atoms with E-state index in [1.54, 1.807) is 13.8 Å². The summed E-state index contributed by atoms with van der Waals surface area (Å²) in [6, 6.07) is 8.02. The maximum atomic E-state index is 12.6. The van der Waals surface area contributed by atoms with Crippen LogP contribution in [0.15, 0.2) is 33.7 Å². The highest BCUT2D eigenvalue weighted by molar-refractivity contribution is 7.89. The lowest BCUT2D eigenvalue weighted by atomic mass is 10.0. The number of amides is 1. The fraction of sp³-hybridized carbons (Fsp3) is 0.500. The van der Waals surface area contributed by atoms with E-state index in [1.165, 1.54) is 5.56 Å². The fourth-order valence-corrected chi connectivity index (χ4v) is 5.18. The molecule has 28 heavy (non-hydrogen) atoms. The zero-order valence-corrected chi connectivity index (χ0v) is 17.4. The molecule has 152 valence electrons. The van der Waals surface area contributed by atoms with E-state index in [0.29, 0.717) is 38.0 Å². The molecule has 1 amide bonds. The predicted molar refractivity (Wildman–Crippen MR) is 105 cm³/mol. The maximum Gasteiger partial charge on any atom is 0.246 e. The number of benzene rings is 1. The molecule has 8 heteroatoms. The standard InChI is InChI=1S/C20H27N3O4S/c1-14-4-6-17(7-5-14)8-9-19(24)23-12-10-18(11-13-23)22-28(25,26)20-15(2)21-27-16(20)3/h4-7,18,22H,8-13H2,1-3H3. The van der Waals surface area contributed by atoms with E-state index >= 15 is 0 Å². The van der Waals surface area contributed by atoms with Gasteiger partial charge in [0.15, 0.2) is 5.76 Å². The van der Waals surface area contributed by atoms with E-state index in [2.05, 4.69) is 34.1 Å². The maximum absolute atomic E-state index is 12.6. The third-order valence-corrected chi connectivity index (χ3v) is 6.92. The molecule has 1 saturated heterocycles. The molecule has 1 aromatic heterocycles. The lowest BCUT2D eigenvalue weighted by Crippen LogP contribution is -2.46. The molecule has 2 aromatic rings. The van der Waals surface area contributed by atoms with Crippen molar-refractivity contribution in [2.45, 2.75) is 57.4 Å². The third kappa shape index (κ3) is 4.80. The van der Waals surface area contributed by atoms with Crippen LogP contribution in [0, 0.1) is 20.8 Å². The molecular weight excluding hydrogens is 378 g/mol. The molecule has 3 rings (SSSR count). The van der Waals surface area contributed by atoms with Crippen LogP contribution in [0.2, 0.25) is 0 Å². The number of rotatable bonds is 6. The van der Waals surface area contributed by atoms with Gasteiger partial charge in [-0.1, -0.05) is 35.0 Å². The van der Waals surface area contributed by atoms with Gasteiger partial charge >= 0.3 is 0 Å². The van der Waals surface area contributed by atoms with Gasteiger partial charge in [-0.2, -0.15) is 0 Å². The SMILES string of the molecule is Cc1ccc(CCC(=O)N2CCC(NS(=O)(=O)c3c(C)noc3C)CC2)cc1. The number of carbonyl (C=O) groups is 1. The smallest absolute Gasteiger partial charge is 0.246 e. The first-order valence-electron chi connectivity index (χ1n) is 9.55. The number of aromatic nitrogens is 1. The summed E-state index contributed by atoms with van der Waals surface area (Å²) in [5, 5.41) is 3.71. The number of aryl methyl sites for hydroxylation is 4. The van der Waals surface area contributed by atoms with Crippen molar-refractivity contribution < 1.29 is 17.7 Å². The van der Waals surface area contributed by atoms with Crippen molar-refractivity contribution in [1.29, 1.82) is 0 Å². The van der Waals surface area contributed by atoms with Crippen LogP contribution in [0.25, 0.3) is 0 Å². The second-order valence-corrected chi connectivity index (χ2v) is 9.07. The monoisotopic (exact) mass is 405 g/mol. The Balaban J connectivity index is 1.50. The average Bonchev–Trinajstić information content (AvgIpc) is 3.00. The van der Waals surface area contributed by atoms with Crippen LogP contribution < -0.4 is 4.72 Å². The van der Waals surface area contributed by atoms with E-state index < -0.39 is 10.0 Å². The average molecular weight is 406 g/mol. The molecule has 1 aromatic carbocycles. The molecular formula is C20H27N3O4S. The van der Waals surface area contributed by atoms with E-state index in [1.807, 2.05) is 11.8 Å². The van der Waals surface area contributed by atoms with Crippen LogP contribution in [-0.4, -0.2) is 43.5 Å². The highest BCUT2D eigenvalue weighted by Gasteiger charge is 2.30. The Morgan fingerprint density at radius 1 is 1.18 bits per heavy atom. The fourth-order valence-electron chi connectivity index (χ4n) is 3.55. The minimum absolute atomic E-state index is 0.115. The number of nitrogens with one attached hydrogen (secondary N) is 1. The number of likely N-dealkylation sites (tertiary alicyclic amines) is 1. The summed E-state index contributed by atoms with van der Waals surface area (Å²) in [4.78, 5) is 14.4. The van der Waals surface area contributed by atoms with Crippen molar-refractivity contribution in [3.05, 3.63) is 46.8 Å². The zero-order chi connectivity index (χ0) is 20.3. The Bertz CT molecular complexity index is 907. The van der Waals surface area contributed by atoms with Crippen LogP contribution in [-0.2, 0) is 21.2 Å². The van der Waals surface area contributed by atoms with Gasteiger partial charge in [0.1, 0.15) is 10.6 Å². The number of hydrogen-bond acceptors (Lipinski definition) is 5. The molecule has 0 radical (unpaired) electrons. The van der Waals surface area contributed by atoms with Crippen molar-refractivity contribution in [3.8, 4) is 0 Å². The van der Waals surface area contributed by atoms with Crippen molar-refractivity contribution in [3.63, 3.8) is 0 Å². The topological polar surface area (TPSA) is 92.5 Å². The van der Waals surface area contributed by atoms with Gasteiger partial charge in [0, 0.05) is 25.6 Å². The van der Waals surface area contributed by atoms with Crippen LogP contribution in [0.4, 0.5) is 0 Å². The van der Waals surface area contributed by atoms with Gasteiger partial charge in [-0.05, 0) is 45.6 Å². The van der Waals surface area contributed by atoms with Gasteiger partial charge in [-0.25, -0.2) is 13.1 Å². The van der Waals surface area contributed by atoms with Gasteiger partial charge in [0.05, 0.1) is 0 Å². The predicted octanol–water partition coefficient (Wildman–Crippen LogP) is 2.50. The molecule has 1 aliphatic heterocycles. The summed E-state index contributed by atoms with van der Waals surface area (Å²) in [5.41, 5.74) is 2.71. The number of carbonyl (C=O) groups excluding carboxylic acids is 1. The minimum Gasteiger partial charge on any atom is -0.360 e. The molecule has 1 fully saturated rings. The molecule has 0 aliphatic carbocycles. The van der Waals surface area contributed by atoms with Crippen molar-refractivity contribution in [2.75, 3.05) is 13.1 Å². The molecule has 1 aliphatic rings.